The van der Waals surface area contributed by atoms with E-state index in [0.717, 1.165) is 14.7 Å². The van der Waals surface area contributed by atoms with Crippen LogP contribution in [0.1, 0.15) is 15.9 Å². The fourth-order valence-corrected chi connectivity index (χ4v) is 4.55. The monoisotopic (exact) mass is 499 g/mol. The Kier molecular flexibility index (Phi) is 6.39. The smallest absolute Gasteiger partial charge is 0.261 e. The first kappa shape index (κ1) is 20.8. The van der Waals surface area contributed by atoms with Crippen LogP contribution in [0.4, 0.5) is 5.13 Å². The van der Waals surface area contributed by atoms with E-state index >= 15 is 0 Å². The number of anilines is 1. The van der Waals surface area contributed by atoms with Gasteiger partial charge in [-0.1, -0.05) is 38.9 Å². The summed E-state index contributed by atoms with van der Waals surface area (Å²) < 4.78 is 12.2. The maximum Gasteiger partial charge on any atom is 0.261 e. The normalized spacial score (nSPS) is 10.6. The van der Waals surface area contributed by atoms with E-state index in [9.17, 15) is 4.79 Å². The minimum Gasteiger partial charge on any atom is -0.496 e. The molecular weight excluding hydrogens is 486 g/mol. The van der Waals surface area contributed by atoms with Crippen LogP contribution >= 0.6 is 51.1 Å². The van der Waals surface area contributed by atoms with E-state index in [-0.39, 0.29) is 11.0 Å². The summed E-state index contributed by atoms with van der Waals surface area (Å²) in [5.41, 5.74) is 1.91. The summed E-state index contributed by atoms with van der Waals surface area (Å²) >= 11 is 16.1. The largest absolute Gasteiger partial charge is 0.496 e. The lowest BCUT2D eigenvalue weighted by molar-refractivity contribution is 0.0974. The van der Waals surface area contributed by atoms with Gasteiger partial charge in [-0.15, -0.1) is 0 Å². The number of carbonyl (C=O) groups is 1. The first-order valence-electron chi connectivity index (χ1n) is 7.93. The highest BCUT2D eigenvalue weighted by atomic mass is 79.9. The number of benzene rings is 2. The average molecular weight is 501 g/mol. The number of hydrogen-bond acceptors (Lipinski definition) is 6. The van der Waals surface area contributed by atoms with Gasteiger partial charge in [0.2, 0.25) is 0 Å². The van der Waals surface area contributed by atoms with Crippen LogP contribution in [-0.4, -0.2) is 30.2 Å². The van der Waals surface area contributed by atoms with Crippen LogP contribution in [-0.2, 0) is 0 Å². The van der Waals surface area contributed by atoms with Crippen molar-refractivity contribution in [3.05, 3.63) is 44.9 Å². The Morgan fingerprint density at radius 3 is 2.68 bits per heavy atom. The molecule has 0 radical (unpaired) electrons. The van der Waals surface area contributed by atoms with E-state index in [1.165, 1.54) is 18.4 Å². The highest BCUT2D eigenvalue weighted by Gasteiger charge is 2.17. The van der Waals surface area contributed by atoms with Gasteiger partial charge >= 0.3 is 0 Å². The van der Waals surface area contributed by atoms with E-state index in [1.54, 1.807) is 25.3 Å². The number of amides is 1. The van der Waals surface area contributed by atoms with Crippen molar-refractivity contribution in [2.45, 2.75) is 6.92 Å². The van der Waals surface area contributed by atoms with Gasteiger partial charge in [-0.25, -0.2) is 4.98 Å². The van der Waals surface area contributed by atoms with Gasteiger partial charge in [0.1, 0.15) is 11.5 Å². The summed E-state index contributed by atoms with van der Waals surface area (Å²) in [6.45, 7) is 1.86. The van der Waals surface area contributed by atoms with E-state index in [2.05, 4.69) is 31.5 Å². The van der Waals surface area contributed by atoms with Gasteiger partial charge in [-0.2, -0.15) is 0 Å². The number of carbonyl (C=O) groups excluding carboxylic acids is 1. The van der Waals surface area contributed by atoms with Gasteiger partial charge in [0.05, 0.1) is 35.0 Å². The Bertz CT molecular complexity index is 1090. The molecule has 10 heteroatoms. The lowest BCUT2D eigenvalue weighted by Gasteiger charge is -2.13. The van der Waals surface area contributed by atoms with Crippen molar-refractivity contribution in [2.24, 2.45) is 0 Å². The zero-order valence-electron chi connectivity index (χ0n) is 15.1. The zero-order valence-corrected chi connectivity index (χ0v) is 19.0. The number of halogens is 2. The molecule has 0 bridgehead atoms. The molecule has 28 heavy (non-hydrogen) atoms. The number of aryl methyl sites for hydroxylation is 1. The number of fused-ring (bicyclic) bond motifs is 1. The molecule has 0 saturated heterocycles. The van der Waals surface area contributed by atoms with Gasteiger partial charge in [-0.3, -0.25) is 10.1 Å². The fraction of sp³-hybridized carbons (Fsp3) is 0.167. The molecular formula is C18H15BrClN3O3S2. The molecule has 0 aliphatic heterocycles. The zero-order chi connectivity index (χ0) is 20.4. The molecule has 0 saturated carbocycles. The van der Waals surface area contributed by atoms with E-state index < -0.39 is 0 Å². The molecule has 2 aromatic carbocycles. The second kappa shape index (κ2) is 8.60. The molecule has 0 atom stereocenters. The van der Waals surface area contributed by atoms with Gasteiger partial charge in [0.25, 0.3) is 5.91 Å². The molecule has 1 aromatic heterocycles. The molecule has 3 rings (SSSR count). The lowest BCUT2D eigenvalue weighted by atomic mass is 10.1. The number of nitrogens with one attached hydrogen (secondary N) is 2. The number of hydrogen-bond donors (Lipinski definition) is 2. The molecule has 0 aliphatic carbocycles. The van der Waals surface area contributed by atoms with Crippen molar-refractivity contribution >= 4 is 77.5 Å². The van der Waals surface area contributed by atoms with Crippen LogP contribution < -0.4 is 20.1 Å². The molecule has 1 amide bonds. The third-order valence-electron chi connectivity index (χ3n) is 3.80. The van der Waals surface area contributed by atoms with Crippen LogP contribution in [0.5, 0.6) is 11.5 Å². The van der Waals surface area contributed by atoms with Crippen molar-refractivity contribution in [1.29, 1.82) is 0 Å². The molecule has 0 fully saturated rings. The van der Waals surface area contributed by atoms with Crippen molar-refractivity contribution in [3.63, 3.8) is 0 Å². The van der Waals surface area contributed by atoms with Crippen molar-refractivity contribution in [2.75, 3.05) is 19.5 Å². The molecule has 1 heterocycles. The highest BCUT2D eigenvalue weighted by molar-refractivity contribution is 9.10. The number of methoxy groups -OCH3 is 2. The summed E-state index contributed by atoms with van der Waals surface area (Å²) in [5.74, 6) is 0.673. The standard InChI is InChI=1S/C18H15BrClN3O3S2/c1-8-4-9(19)5-10(15(8)26-3)16(24)22-17(27)23-18-21-12-6-11(20)13(25-2)7-14(12)28-18/h4-7H,1-3H3,(H2,21,22,23,24,27). The van der Waals surface area contributed by atoms with Gasteiger partial charge in [-0.05, 0) is 42.9 Å². The minimum atomic E-state index is -0.385. The minimum absolute atomic E-state index is 0.127. The maximum atomic E-state index is 12.6. The third kappa shape index (κ3) is 4.38. The summed E-state index contributed by atoms with van der Waals surface area (Å²) in [5, 5.41) is 6.70. The summed E-state index contributed by atoms with van der Waals surface area (Å²) in [6, 6.07) is 7.06. The Balaban J connectivity index is 1.77. The molecule has 0 spiro atoms. The molecule has 2 N–H and O–H groups in total. The molecule has 6 nitrogen and oxygen atoms in total. The highest BCUT2D eigenvalue weighted by Crippen LogP contribution is 2.34. The molecule has 0 aliphatic rings. The van der Waals surface area contributed by atoms with E-state index in [1.807, 2.05) is 13.0 Å². The first-order chi connectivity index (χ1) is 13.3. The second-order valence-corrected chi connectivity index (χ2v) is 8.45. The van der Waals surface area contributed by atoms with Crippen LogP contribution in [0, 0.1) is 6.92 Å². The predicted octanol–water partition coefficient (Wildman–Crippen LogP) is 5.16. The van der Waals surface area contributed by atoms with E-state index in [4.69, 9.17) is 33.3 Å². The second-order valence-electron chi connectivity index (χ2n) is 5.69. The van der Waals surface area contributed by atoms with Gasteiger partial charge < -0.3 is 14.8 Å². The fourth-order valence-electron chi connectivity index (χ4n) is 2.61. The van der Waals surface area contributed by atoms with Gasteiger partial charge in [0, 0.05) is 10.5 Å². The van der Waals surface area contributed by atoms with Crippen molar-refractivity contribution < 1.29 is 14.3 Å². The van der Waals surface area contributed by atoms with Crippen molar-refractivity contribution in [1.82, 2.24) is 10.3 Å². The molecule has 3 aromatic rings. The number of aromatic nitrogens is 1. The topological polar surface area (TPSA) is 72.5 Å². The maximum absolute atomic E-state index is 12.6. The quantitative estimate of drug-likeness (QED) is 0.482. The van der Waals surface area contributed by atoms with E-state index in [0.29, 0.717) is 32.7 Å². The SMILES string of the molecule is COc1cc2sc(NC(=S)NC(=O)c3cc(Br)cc(C)c3OC)nc2cc1Cl. The molecule has 0 unspecified atom stereocenters. The Hall–Kier alpha value is -1.94. The Morgan fingerprint density at radius 2 is 2.00 bits per heavy atom. The average Bonchev–Trinajstić information content (AvgIpc) is 3.00. The number of rotatable bonds is 4. The first-order valence-corrected chi connectivity index (χ1v) is 10.3. The van der Waals surface area contributed by atoms with Crippen LogP contribution in [0.2, 0.25) is 5.02 Å². The predicted molar refractivity (Wildman–Crippen MR) is 120 cm³/mol. The number of ether oxygens (including phenoxy) is 2. The number of thiocarbonyl (C=S) groups is 1. The van der Waals surface area contributed by atoms with Crippen LogP contribution in [0.15, 0.2) is 28.7 Å². The molecule has 146 valence electrons. The number of nitrogens with zero attached hydrogens (tertiary/aromatic N) is 1. The Morgan fingerprint density at radius 1 is 1.25 bits per heavy atom. The van der Waals surface area contributed by atoms with Crippen LogP contribution in [0.3, 0.4) is 0 Å². The number of thiazole rings is 1. The van der Waals surface area contributed by atoms with Crippen LogP contribution in [0.25, 0.3) is 10.2 Å². The van der Waals surface area contributed by atoms with Crippen molar-refractivity contribution in [3.8, 4) is 11.5 Å². The lowest BCUT2D eigenvalue weighted by Crippen LogP contribution is -2.34. The summed E-state index contributed by atoms with van der Waals surface area (Å²) in [4.78, 5) is 17.1. The third-order valence-corrected chi connectivity index (χ3v) is 5.69. The summed E-state index contributed by atoms with van der Waals surface area (Å²) in [6.07, 6.45) is 0. The Labute approximate surface area is 184 Å². The van der Waals surface area contributed by atoms with Gasteiger partial charge in [0.15, 0.2) is 10.2 Å². The summed E-state index contributed by atoms with van der Waals surface area (Å²) in [7, 11) is 3.07.